The van der Waals surface area contributed by atoms with E-state index < -0.39 is 15.9 Å². The fraction of sp³-hybridized carbons (Fsp3) is 0.381. The number of hydrogen-bond acceptors (Lipinski definition) is 5. The van der Waals surface area contributed by atoms with Crippen LogP contribution in [0.4, 0.5) is 9.18 Å². The molecule has 0 saturated carbocycles. The lowest BCUT2D eigenvalue weighted by atomic mass is 10.1. The van der Waals surface area contributed by atoms with E-state index >= 15 is 0 Å². The van der Waals surface area contributed by atoms with Crippen molar-refractivity contribution in [3.63, 3.8) is 0 Å². The summed E-state index contributed by atoms with van der Waals surface area (Å²) >= 11 is 0. The fourth-order valence-corrected chi connectivity index (χ4v) is 3.67. The van der Waals surface area contributed by atoms with Crippen LogP contribution in [-0.4, -0.2) is 51.5 Å². The quantitative estimate of drug-likeness (QED) is 0.585. The molecule has 2 aromatic carbocycles. The summed E-state index contributed by atoms with van der Waals surface area (Å²) in [4.78, 5) is 15.6. The van der Waals surface area contributed by atoms with Crippen molar-refractivity contribution in [1.29, 1.82) is 0 Å². The van der Waals surface area contributed by atoms with Gasteiger partial charge in [0.25, 0.3) is 0 Å². The predicted molar refractivity (Wildman–Crippen MR) is 112 cm³/mol. The van der Waals surface area contributed by atoms with Gasteiger partial charge in [0, 0.05) is 26.7 Å². The van der Waals surface area contributed by atoms with E-state index in [1.54, 1.807) is 31.1 Å². The topological polar surface area (TPSA) is 76.1 Å². The molecule has 0 N–H and O–H groups in total. The first kappa shape index (κ1) is 23.5. The monoisotopic (exact) mass is 438 g/mol. The Morgan fingerprint density at radius 1 is 1.10 bits per heavy atom. The Morgan fingerprint density at radius 2 is 1.73 bits per heavy atom. The molecule has 0 saturated heterocycles. The lowest BCUT2D eigenvalue weighted by Gasteiger charge is -2.31. The second-order valence-electron chi connectivity index (χ2n) is 7.04. The second kappa shape index (κ2) is 9.80. The third kappa shape index (κ3) is 5.63. The number of methoxy groups -OCH3 is 1. The van der Waals surface area contributed by atoms with Gasteiger partial charge in [0.05, 0.1) is 7.11 Å². The van der Waals surface area contributed by atoms with Gasteiger partial charge in [-0.25, -0.2) is 9.18 Å². The zero-order valence-electron chi connectivity index (χ0n) is 17.8. The highest BCUT2D eigenvalue weighted by molar-refractivity contribution is 7.87. The van der Waals surface area contributed by atoms with Crippen molar-refractivity contribution in [2.24, 2.45) is 0 Å². The number of carbonyl (C=O) groups is 1. The van der Waals surface area contributed by atoms with Gasteiger partial charge in [0.15, 0.2) is 11.5 Å². The van der Waals surface area contributed by atoms with Crippen LogP contribution < -0.4 is 8.92 Å². The number of amides is 2. The van der Waals surface area contributed by atoms with Crippen molar-refractivity contribution in [1.82, 2.24) is 9.80 Å². The SMILES string of the molecule is CC[C@H](C)N(Cc1ccc(OC)c(OS(=O)(=O)c2ccc(F)cc2)c1)C(=O)N(C)C. The minimum atomic E-state index is -4.19. The molecule has 9 heteroatoms. The summed E-state index contributed by atoms with van der Waals surface area (Å²) < 4.78 is 48.8. The van der Waals surface area contributed by atoms with Gasteiger partial charge < -0.3 is 18.7 Å². The van der Waals surface area contributed by atoms with E-state index in [0.717, 1.165) is 30.7 Å². The lowest BCUT2D eigenvalue weighted by molar-refractivity contribution is 0.148. The van der Waals surface area contributed by atoms with Gasteiger partial charge in [0.1, 0.15) is 10.7 Å². The number of nitrogens with zero attached hydrogens (tertiary/aromatic N) is 2. The molecule has 0 heterocycles. The molecular formula is C21H27FN2O5S. The smallest absolute Gasteiger partial charge is 0.339 e. The van der Waals surface area contributed by atoms with Gasteiger partial charge in [-0.2, -0.15) is 8.42 Å². The number of hydrogen-bond donors (Lipinski definition) is 0. The van der Waals surface area contributed by atoms with Crippen LogP contribution in [0.25, 0.3) is 0 Å². The number of benzene rings is 2. The highest BCUT2D eigenvalue weighted by Gasteiger charge is 2.23. The van der Waals surface area contributed by atoms with Crippen LogP contribution in [0, 0.1) is 5.82 Å². The summed E-state index contributed by atoms with van der Waals surface area (Å²) in [5.74, 6) is -0.344. The summed E-state index contributed by atoms with van der Waals surface area (Å²) in [6, 6.07) is 9.02. The maximum absolute atomic E-state index is 13.1. The Kier molecular flexibility index (Phi) is 7.66. The van der Waals surface area contributed by atoms with E-state index in [4.69, 9.17) is 8.92 Å². The first-order valence-corrected chi connectivity index (χ1v) is 10.8. The Balaban J connectivity index is 2.36. The van der Waals surface area contributed by atoms with Gasteiger partial charge in [-0.05, 0) is 55.3 Å². The molecule has 0 fully saturated rings. The standard InChI is InChI=1S/C21H27FN2O5S/c1-6-15(2)24(21(25)23(3)4)14-16-7-12-19(28-5)20(13-16)29-30(26,27)18-10-8-17(22)9-11-18/h7-13,15H,6,14H2,1-5H3/t15-/m0/s1. The van der Waals surface area contributed by atoms with E-state index in [0.29, 0.717) is 5.56 Å². The summed E-state index contributed by atoms with van der Waals surface area (Å²) in [5.41, 5.74) is 0.676. The van der Waals surface area contributed by atoms with Crippen LogP contribution in [0.2, 0.25) is 0 Å². The summed E-state index contributed by atoms with van der Waals surface area (Å²) in [5, 5.41) is 0. The first-order valence-electron chi connectivity index (χ1n) is 9.44. The van der Waals surface area contributed by atoms with Gasteiger partial charge in [-0.1, -0.05) is 13.0 Å². The number of halogens is 1. The van der Waals surface area contributed by atoms with Gasteiger partial charge in [0.2, 0.25) is 0 Å². The first-order chi connectivity index (χ1) is 14.1. The molecule has 2 aromatic rings. The van der Waals surface area contributed by atoms with Crippen molar-refractivity contribution in [2.75, 3.05) is 21.2 Å². The fourth-order valence-electron chi connectivity index (χ4n) is 2.74. The molecular weight excluding hydrogens is 411 g/mol. The molecule has 1 atom stereocenters. The van der Waals surface area contributed by atoms with Crippen LogP contribution in [-0.2, 0) is 16.7 Å². The molecule has 0 bridgehead atoms. The minimum absolute atomic E-state index is 0.0132. The maximum atomic E-state index is 13.1. The third-order valence-corrected chi connectivity index (χ3v) is 5.88. The van der Waals surface area contributed by atoms with E-state index in [9.17, 15) is 17.6 Å². The summed E-state index contributed by atoms with van der Waals surface area (Å²) in [6.07, 6.45) is 0.762. The van der Waals surface area contributed by atoms with Crippen molar-refractivity contribution >= 4 is 16.1 Å². The van der Waals surface area contributed by atoms with Crippen molar-refractivity contribution in [3.8, 4) is 11.5 Å². The van der Waals surface area contributed by atoms with E-state index in [1.807, 2.05) is 13.8 Å². The molecule has 0 aliphatic rings. The maximum Gasteiger partial charge on any atom is 0.339 e. The Bertz CT molecular complexity index is 977. The lowest BCUT2D eigenvalue weighted by Crippen LogP contribution is -2.43. The zero-order chi connectivity index (χ0) is 22.5. The molecule has 2 rings (SSSR count). The molecule has 30 heavy (non-hydrogen) atoms. The summed E-state index contributed by atoms with van der Waals surface area (Å²) in [6.45, 7) is 4.20. The Morgan fingerprint density at radius 3 is 2.27 bits per heavy atom. The average molecular weight is 439 g/mol. The largest absolute Gasteiger partial charge is 0.493 e. The van der Waals surface area contributed by atoms with Crippen molar-refractivity contribution in [3.05, 3.63) is 53.8 Å². The van der Waals surface area contributed by atoms with Crippen LogP contribution in [0.15, 0.2) is 47.4 Å². The van der Waals surface area contributed by atoms with E-state index in [1.165, 1.54) is 18.1 Å². The molecule has 2 amide bonds. The van der Waals surface area contributed by atoms with Crippen LogP contribution in [0.1, 0.15) is 25.8 Å². The highest BCUT2D eigenvalue weighted by Crippen LogP contribution is 2.31. The van der Waals surface area contributed by atoms with Gasteiger partial charge in [-0.15, -0.1) is 0 Å². The number of carbonyl (C=O) groups excluding carboxylic acids is 1. The number of urea groups is 1. The number of ether oxygens (including phenoxy) is 1. The van der Waals surface area contributed by atoms with Crippen LogP contribution in [0.5, 0.6) is 11.5 Å². The Hall–Kier alpha value is -2.81. The molecule has 0 aliphatic heterocycles. The minimum Gasteiger partial charge on any atom is -0.493 e. The van der Waals surface area contributed by atoms with Crippen LogP contribution >= 0.6 is 0 Å². The summed E-state index contributed by atoms with van der Waals surface area (Å²) in [7, 11) is 0.554. The van der Waals surface area contributed by atoms with Crippen molar-refractivity contribution in [2.45, 2.75) is 37.8 Å². The number of rotatable bonds is 8. The van der Waals surface area contributed by atoms with Gasteiger partial charge in [-0.3, -0.25) is 0 Å². The van der Waals surface area contributed by atoms with Crippen LogP contribution in [0.3, 0.4) is 0 Å². The second-order valence-corrected chi connectivity index (χ2v) is 8.59. The normalized spacial score (nSPS) is 12.2. The van der Waals surface area contributed by atoms with Gasteiger partial charge >= 0.3 is 16.1 Å². The zero-order valence-corrected chi connectivity index (χ0v) is 18.6. The Labute approximate surface area is 177 Å². The van der Waals surface area contributed by atoms with E-state index in [-0.39, 0.29) is 35.0 Å². The molecule has 7 nitrogen and oxygen atoms in total. The average Bonchev–Trinajstić information content (AvgIpc) is 2.71. The molecule has 0 aliphatic carbocycles. The highest BCUT2D eigenvalue weighted by atomic mass is 32.2. The predicted octanol–water partition coefficient (Wildman–Crippen LogP) is 3.88. The van der Waals surface area contributed by atoms with Crippen molar-refractivity contribution < 1.29 is 26.5 Å². The molecule has 0 aromatic heterocycles. The molecule has 0 unspecified atom stereocenters. The molecule has 0 spiro atoms. The molecule has 0 radical (unpaired) electrons. The third-order valence-electron chi connectivity index (χ3n) is 4.63. The van der Waals surface area contributed by atoms with E-state index in [2.05, 4.69) is 0 Å². The molecule has 164 valence electrons.